The lowest BCUT2D eigenvalue weighted by Crippen LogP contribution is -1.97. The average Bonchev–Trinajstić information content (AvgIpc) is 3.77. The zero-order chi connectivity index (χ0) is 33.0. The molecule has 5 aromatic heterocycles. The predicted octanol–water partition coefficient (Wildman–Crippen LogP) is 11.4. The van der Waals surface area contributed by atoms with Crippen LogP contribution in [0.2, 0.25) is 0 Å². The van der Waals surface area contributed by atoms with Crippen molar-refractivity contribution >= 4 is 44.1 Å². The third kappa shape index (κ3) is 4.65. The van der Waals surface area contributed by atoms with Crippen LogP contribution in [0.1, 0.15) is 0 Å². The van der Waals surface area contributed by atoms with Gasteiger partial charge in [-0.2, -0.15) is 0 Å². The third-order valence-corrected chi connectivity index (χ3v) is 9.20. The molecule has 0 saturated heterocycles. The van der Waals surface area contributed by atoms with Gasteiger partial charge in [0.2, 0.25) is 0 Å². The molecule has 0 saturated carbocycles. The second-order valence-corrected chi connectivity index (χ2v) is 12.3. The van der Waals surface area contributed by atoms with E-state index in [1.165, 1.54) is 0 Å². The van der Waals surface area contributed by atoms with Gasteiger partial charge in [0.15, 0.2) is 17.0 Å². The number of pyridine rings is 2. The normalized spacial score (nSPS) is 11.6. The predicted molar refractivity (Wildman–Crippen MR) is 199 cm³/mol. The van der Waals surface area contributed by atoms with E-state index < -0.39 is 0 Å². The maximum atomic E-state index is 6.47. The van der Waals surface area contributed by atoms with Crippen LogP contribution < -0.4 is 0 Å². The largest absolute Gasteiger partial charge is 0.454 e. The van der Waals surface area contributed by atoms with E-state index in [0.717, 1.165) is 94.5 Å². The minimum Gasteiger partial charge on any atom is -0.454 e. The number of para-hydroxylation sites is 2. The molecule has 10 aromatic rings. The smallest absolute Gasteiger partial charge is 0.161 e. The number of furan rings is 2. The van der Waals surface area contributed by atoms with Gasteiger partial charge in [-0.15, -0.1) is 0 Å². The molecule has 0 amide bonds. The van der Waals surface area contributed by atoms with Crippen molar-refractivity contribution in [2.45, 2.75) is 0 Å². The SMILES string of the molecule is c1ccc(-c2cc(-c3ccccc3)nc(-c3cc(-c4ccnc5c4oc4ccccc45)cc(-c4ccnc5c4oc4ccccc45)c3)n2)cc1. The zero-order valence-electron chi connectivity index (χ0n) is 26.6. The van der Waals surface area contributed by atoms with Crippen molar-refractivity contribution in [1.82, 2.24) is 19.9 Å². The molecule has 6 nitrogen and oxygen atoms in total. The summed E-state index contributed by atoms with van der Waals surface area (Å²) in [6, 6.07) is 49.0. The highest BCUT2D eigenvalue weighted by molar-refractivity contribution is 6.09. The number of hydrogen-bond acceptors (Lipinski definition) is 6. The zero-order valence-corrected chi connectivity index (χ0v) is 26.6. The summed E-state index contributed by atoms with van der Waals surface area (Å²) < 4.78 is 12.9. The molecule has 6 heteroatoms. The Morgan fingerprint density at radius 1 is 0.380 bits per heavy atom. The number of hydrogen-bond donors (Lipinski definition) is 0. The van der Waals surface area contributed by atoms with E-state index in [1.54, 1.807) is 0 Å². The minimum absolute atomic E-state index is 0.609. The third-order valence-electron chi connectivity index (χ3n) is 9.20. The van der Waals surface area contributed by atoms with Gasteiger partial charge in [-0.1, -0.05) is 84.9 Å². The molecule has 0 N–H and O–H groups in total. The monoisotopic (exact) mass is 642 g/mol. The summed E-state index contributed by atoms with van der Waals surface area (Å²) in [6.45, 7) is 0. The fourth-order valence-corrected chi connectivity index (χ4v) is 6.82. The highest BCUT2D eigenvalue weighted by Crippen LogP contribution is 2.41. The molecule has 0 radical (unpaired) electrons. The number of nitrogens with zero attached hydrogens (tertiary/aromatic N) is 4. The Bertz CT molecular complexity index is 2690. The van der Waals surface area contributed by atoms with Crippen molar-refractivity contribution in [2.24, 2.45) is 0 Å². The minimum atomic E-state index is 0.609. The molecule has 0 aliphatic rings. The van der Waals surface area contributed by atoms with Crippen molar-refractivity contribution in [3.8, 4) is 56.2 Å². The molecular weight excluding hydrogens is 617 g/mol. The lowest BCUT2D eigenvalue weighted by Gasteiger charge is -2.13. The molecule has 0 unspecified atom stereocenters. The molecule has 5 aromatic carbocycles. The highest BCUT2D eigenvalue weighted by Gasteiger charge is 2.19. The van der Waals surface area contributed by atoms with E-state index in [0.29, 0.717) is 5.82 Å². The summed E-state index contributed by atoms with van der Waals surface area (Å²) in [4.78, 5) is 19.8. The number of aromatic nitrogens is 4. The van der Waals surface area contributed by atoms with Gasteiger partial charge >= 0.3 is 0 Å². The van der Waals surface area contributed by atoms with Crippen LogP contribution in [0.15, 0.2) is 167 Å². The molecule has 0 fully saturated rings. The Labute approximate surface area is 286 Å². The number of benzene rings is 5. The lowest BCUT2D eigenvalue weighted by atomic mass is 9.95. The average molecular weight is 643 g/mol. The van der Waals surface area contributed by atoms with Crippen molar-refractivity contribution in [2.75, 3.05) is 0 Å². The summed E-state index contributed by atoms with van der Waals surface area (Å²) >= 11 is 0. The van der Waals surface area contributed by atoms with Crippen LogP contribution in [0.3, 0.4) is 0 Å². The van der Waals surface area contributed by atoms with Crippen molar-refractivity contribution < 1.29 is 8.83 Å². The Balaban J connectivity index is 1.26. The van der Waals surface area contributed by atoms with Crippen LogP contribution in [-0.4, -0.2) is 19.9 Å². The van der Waals surface area contributed by atoms with Gasteiger partial charge < -0.3 is 8.83 Å². The van der Waals surface area contributed by atoms with E-state index in [9.17, 15) is 0 Å². The fourth-order valence-electron chi connectivity index (χ4n) is 6.82. The maximum absolute atomic E-state index is 6.47. The summed E-state index contributed by atoms with van der Waals surface area (Å²) in [5.41, 5.74) is 13.0. The molecule has 0 bridgehead atoms. The fraction of sp³-hybridized carbons (Fsp3) is 0. The molecule has 0 aliphatic carbocycles. The van der Waals surface area contributed by atoms with Gasteiger partial charge in [-0.25, -0.2) is 9.97 Å². The van der Waals surface area contributed by atoms with Crippen molar-refractivity contribution in [1.29, 1.82) is 0 Å². The van der Waals surface area contributed by atoms with Crippen LogP contribution in [0.5, 0.6) is 0 Å². The maximum Gasteiger partial charge on any atom is 0.161 e. The summed E-state index contributed by atoms with van der Waals surface area (Å²) in [5, 5.41) is 1.95. The van der Waals surface area contributed by atoms with Gasteiger partial charge in [-0.3, -0.25) is 9.97 Å². The first-order valence-electron chi connectivity index (χ1n) is 16.5. The van der Waals surface area contributed by atoms with Gasteiger partial charge in [0, 0.05) is 51.0 Å². The van der Waals surface area contributed by atoms with Crippen molar-refractivity contribution in [3.63, 3.8) is 0 Å². The van der Waals surface area contributed by atoms with Crippen LogP contribution in [0, 0.1) is 0 Å². The summed E-state index contributed by atoms with van der Waals surface area (Å²) in [6.07, 6.45) is 3.69. The highest BCUT2D eigenvalue weighted by atomic mass is 16.3. The molecule has 0 atom stereocenters. The Hall–Kier alpha value is -6.92. The Kier molecular flexibility index (Phi) is 6.39. The van der Waals surface area contributed by atoms with E-state index >= 15 is 0 Å². The van der Waals surface area contributed by atoms with Crippen LogP contribution >= 0.6 is 0 Å². The van der Waals surface area contributed by atoms with Crippen molar-refractivity contribution in [3.05, 3.63) is 158 Å². The van der Waals surface area contributed by atoms with E-state index in [-0.39, 0.29) is 0 Å². The molecule has 5 heterocycles. The Morgan fingerprint density at radius 3 is 1.32 bits per heavy atom. The van der Waals surface area contributed by atoms with Crippen LogP contribution in [-0.2, 0) is 0 Å². The second kappa shape index (κ2) is 11.4. The molecule has 0 spiro atoms. The topological polar surface area (TPSA) is 77.8 Å². The molecule has 0 aliphatic heterocycles. The standard InChI is InChI=1S/C44H26N4O2/c1-3-11-27(12-4-1)36-26-37(28-13-5-2-6-14-28)48-44(47-36)31-24-29(32-19-21-45-40-34-15-7-9-17-38(34)49-42(32)40)23-30(25-31)33-20-22-46-41-35-16-8-10-18-39(35)50-43(33)41/h1-26H. The van der Waals surface area contributed by atoms with Gasteiger partial charge in [0.1, 0.15) is 22.2 Å². The molecule has 234 valence electrons. The molecule has 50 heavy (non-hydrogen) atoms. The number of fused-ring (bicyclic) bond motifs is 6. The van der Waals surface area contributed by atoms with Crippen LogP contribution in [0.4, 0.5) is 0 Å². The summed E-state index contributed by atoms with van der Waals surface area (Å²) in [7, 11) is 0. The molecule has 10 rings (SSSR count). The van der Waals surface area contributed by atoms with Gasteiger partial charge in [0.05, 0.1) is 11.4 Å². The van der Waals surface area contributed by atoms with E-state index in [4.69, 9.17) is 28.8 Å². The molecular formula is C44H26N4O2. The van der Waals surface area contributed by atoms with E-state index in [1.807, 2.05) is 109 Å². The van der Waals surface area contributed by atoms with Crippen LogP contribution in [0.25, 0.3) is 100 Å². The lowest BCUT2D eigenvalue weighted by molar-refractivity contribution is 0.669. The quantitative estimate of drug-likeness (QED) is 0.186. The summed E-state index contributed by atoms with van der Waals surface area (Å²) in [5.74, 6) is 0.609. The second-order valence-electron chi connectivity index (χ2n) is 12.3. The number of rotatable bonds is 5. The van der Waals surface area contributed by atoms with Gasteiger partial charge in [-0.05, 0) is 71.8 Å². The first-order valence-corrected chi connectivity index (χ1v) is 16.5. The first-order chi connectivity index (χ1) is 24.8. The first kappa shape index (κ1) is 28.1. The van der Waals surface area contributed by atoms with E-state index in [2.05, 4.69) is 48.5 Å². The van der Waals surface area contributed by atoms with Gasteiger partial charge in [0.25, 0.3) is 0 Å². The Morgan fingerprint density at radius 2 is 0.820 bits per heavy atom.